The van der Waals surface area contributed by atoms with Crippen LogP contribution in [0.4, 0.5) is 0 Å². The van der Waals surface area contributed by atoms with Gasteiger partial charge in [0.25, 0.3) is 5.56 Å². The Morgan fingerprint density at radius 1 is 1.38 bits per heavy atom. The molecule has 16 heavy (non-hydrogen) atoms. The number of nitrogens with zero attached hydrogens (tertiary/aromatic N) is 2. The average Bonchev–Trinajstić information content (AvgIpc) is 2.29. The molecule has 0 spiro atoms. The van der Waals surface area contributed by atoms with Gasteiger partial charge in [-0.05, 0) is 26.1 Å². The maximum Gasteiger partial charge on any atom is 0.280 e. The van der Waals surface area contributed by atoms with Gasteiger partial charge in [-0.25, -0.2) is 0 Å². The van der Waals surface area contributed by atoms with Crippen LogP contribution in [0.15, 0.2) is 29.1 Å². The number of rotatable bonds is 3. The van der Waals surface area contributed by atoms with Crippen molar-refractivity contribution < 1.29 is 0 Å². The van der Waals surface area contributed by atoms with Gasteiger partial charge in [0, 0.05) is 13.1 Å². The highest BCUT2D eigenvalue weighted by atomic mass is 16.1. The van der Waals surface area contributed by atoms with Crippen molar-refractivity contribution in [3.63, 3.8) is 0 Å². The second-order valence-corrected chi connectivity index (χ2v) is 3.74. The molecule has 2 aromatic rings. The summed E-state index contributed by atoms with van der Waals surface area (Å²) in [6.45, 7) is 3.54. The predicted molar refractivity (Wildman–Crippen MR) is 64.7 cm³/mol. The summed E-state index contributed by atoms with van der Waals surface area (Å²) in [6, 6.07) is 7.58. The molecular weight excluding hydrogens is 202 g/mol. The van der Waals surface area contributed by atoms with E-state index < -0.39 is 0 Å². The molecule has 2 rings (SSSR count). The number of nitrogens with one attached hydrogen (secondary N) is 1. The molecule has 1 aromatic carbocycles. The van der Waals surface area contributed by atoms with Crippen LogP contribution in [0.1, 0.15) is 5.82 Å². The number of hydrogen-bond acceptors (Lipinski definition) is 3. The molecule has 0 fully saturated rings. The van der Waals surface area contributed by atoms with Crippen molar-refractivity contribution in [3.8, 4) is 0 Å². The van der Waals surface area contributed by atoms with Crippen LogP contribution < -0.4 is 10.9 Å². The minimum atomic E-state index is -0.145. The number of hydrogen-bond donors (Lipinski definition) is 1. The van der Waals surface area contributed by atoms with Crippen molar-refractivity contribution in [2.45, 2.75) is 13.5 Å². The zero-order chi connectivity index (χ0) is 11.5. The first-order chi connectivity index (χ1) is 7.74. The molecule has 0 aliphatic carbocycles. The number of likely N-dealkylation sites (N-methyl/N-ethyl adjacent to an activating group) is 1. The van der Waals surface area contributed by atoms with E-state index in [0.717, 1.165) is 24.4 Å². The van der Waals surface area contributed by atoms with Gasteiger partial charge in [0.2, 0.25) is 0 Å². The third-order valence-electron chi connectivity index (χ3n) is 2.66. The fourth-order valence-electron chi connectivity index (χ4n) is 1.84. The highest BCUT2D eigenvalue weighted by molar-refractivity contribution is 5.78. The Hall–Kier alpha value is -1.68. The molecule has 0 aliphatic rings. The van der Waals surface area contributed by atoms with Gasteiger partial charge < -0.3 is 9.88 Å². The summed E-state index contributed by atoms with van der Waals surface area (Å²) < 4.78 is 2.06. The number of para-hydroxylation sites is 1. The van der Waals surface area contributed by atoms with Crippen LogP contribution in [-0.4, -0.2) is 23.1 Å². The predicted octanol–water partition coefficient (Wildman–Crippen LogP) is 0.924. The van der Waals surface area contributed by atoms with E-state index in [4.69, 9.17) is 0 Å². The third kappa shape index (κ3) is 1.84. The van der Waals surface area contributed by atoms with Crippen LogP contribution in [-0.2, 0) is 6.54 Å². The number of aromatic nitrogens is 2. The van der Waals surface area contributed by atoms with Crippen molar-refractivity contribution >= 4 is 10.9 Å². The van der Waals surface area contributed by atoms with Crippen LogP contribution in [0.2, 0.25) is 0 Å². The largest absolute Gasteiger partial charge is 0.328 e. The summed E-state index contributed by atoms with van der Waals surface area (Å²) in [5, 5.41) is 3.78. The Kier molecular flexibility index (Phi) is 3.01. The lowest BCUT2D eigenvalue weighted by Gasteiger charge is -2.12. The molecule has 0 radical (unpaired) electrons. The summed E-state index contributed by atoms with van der Waals surface area (Å²) in [5.74, 6) is 0.763. The molecule has 0 bridgehead atoms. The van der Waals surface area contributed by atoms with Gasteiger partial charge in [-0.15, -0.1) is 0 Å². The quantitative estimate of drug-likeness (QED) is 0.831. The second kappa shape index (κ2) is 4.45. The monoisotopic (exact) mass is 217 g/mol. The number of benzene rings is 1. The molecule has 84 valence electrons. The van der Waals surface area contributed by atoms with Crippen LogP contribution >= 0.6 is 0 Å². The molecule has 0 saturated heterocycles. The zero-order valence-corrected chi connectivity index (χ0v) is 9.53. The smallest absolute Gasteiger partial charge is 0.280 e. The summed E-state index contributed by atoms with van der Waals surface area (Å²) in [7, 11) is 1.91. The van der Waals surface area contributed by atoms with E-state index in [0.29, 0.717) is 5.39 Å². The topological polar surface area (TPSA) is 46.9 Å². The fourth-order valence-corrected chi connectivity index (χ4v) is 1.84. The molecule has 0 unspecified atom stereocenters. The molecule has 1 heterocycles. The van der Waals surface area contributed by atoms with Crippen molar-refractivity contribution in [1.82, 2.24) is 14.9 Å². The van der Waals surface area contributed by atoms with Gasteiger partial charge in [0.1, 0.15) is 5.82 Å². The van der Waals surface area contributed by atoms with Gasteiger partial charge in [0.05, 0.1) is 10.9 Å². The Morgan fingerprint density at radius 2 is 2.12 bits per heavy atom. The van der Waals surface area contributed by atoms with Gasteiger partial charge in [-0.3, -0.25) is 4.79 Å². The Labute approximate surface area is 93.9 Å². The van der Waals surface area contributed by atoms with E-state index in [2.05, 4.69) is 14.9 Å². The summed E-state index contributed by atoms with van der Waals surface area (Å²) >= 11 is 0. The first-order valence-corrected chi connectivity index (χ1v) is 5.35. The molecule has 0 aliphatic heterocycles. The molecule has 0 amide bonds. The van der Waals surface area contributed by atoms with Crippen molar-refractivity contribution in [2.75, 3.05) is 13.6 Å². The molecule has 1 N–H and O–H groups in total. The lowest BCUT2D eigenvalue weighted by molar-refractivity contribution is 0.631. The fraction of sp³-hybridized carbons (Fsp3) is 0.333. The highest BCUT2D eigenvalue weighted by Gasteiger charge is 2.05. The minimum Gasteiger partial charge on any atom is -0.328 e. The zero-order valence-electron chi connectivity index (χ0n) is 9.53. The van der Waals surface area contributed by atoms with Crippen molar-refractivity contribution in [2.24, 2.45) is 0 Å². The Bertz CT molecular complexity index is 560. The standard InChI is InChI=1S/C12H15N3O/c1-9-14-12(16)10-5-3-4-6-11(10)15(9)8-7-13-2/h3-6,13H,7-8H2,1-2H3. The van der Waals surface area contributed by atoms with Crippen molar-refractivity contribution in [3.05, 3.63) is 40.4 Å². The SMILES string of the molecule is CNCCn1c(C)nc(=O)c2ccccc21. The molecule has 4 nitrogen and oxygen atoms in total. The first-order valence-electron chi connectivity index (χ1n) is 5.35. The van der Waals surface area contributed by atoms with Gasteiger partial charge in [-0.2, -0.15) is 4.98 Å². The normalized spacial score (nSPS) is 10.9. The van der Waals surface area contributed by atoms with Gasteiger partial charge in [0.15, 0.2) is 0 Å². The maximum absolute atomic E-state index is 11.7. The highest BCUT2D eigenvalue weighted by Crippen LogP contribution is 2.10. The number of fused-ring (bicyclic) bond motifs is 1. The van der Waals surface area contributed by atoms with E-state index in [9.17, 15) is 4.79 Å². The van der Waals surface area contributed by atoms with Crippen LogP contribution in [0, 0.1) is 6.92 Å². The second-order valence-electron chi connectivity index (χ2n) is 3.74. The molecular formula is C12H15N3O. The molecule has 0 saturated carbocycles. The molecule has 4 heteroatoms. The minimum absolute atomic E-state index is 0.145. The lowest BCUT2D eigenvalue weighted by Crippen LogP contribution is -2.21. The lowest BCUT2D eigenvalue weighted by atomic mass is 10.2. The van der Waals surface area contributed by atoms with Crippen LogP contribution in [0.3, 0.4) is 0 Å². The summed E-state index contributed by atoms with van der Waals surface area (Å²) in [5.41, 5.74) is 0.809. The number of aryl methyl sites for hydroxylation is 1. The summed E-state index contributed by atoms with van der Waals surface area (Å²) in [6.07, 6.45) is 0. The van der Waals surface area contributed by atoms with E-state index in [1.807, 2.05) is 38.2 Å². The van der Waals surface area contributed by atoms with Crippen LogP contribution in [0.5, 0.6) is 0 Å². The first kappa shape index (κ1) is 10.8. The van der Waals surface area contributed by atoms with E-state index in [-0.39, 0.29) is 5.56 Å². The van der Waals surface area contributed by atoms with E-state index in [1.54, 1.807) is 0 Å². The molecule has 1 aromatic heterocycles. The average molecular weight is 217 g/mol. The van der Waals surface area contributed by atoms with Crippen molar-refractivity contribution in [1.29, 1.82) is 0 Å². The van der Waals surface area contributed by atoms with Crippen LogP contribution in [0.25, 0.3) is 10.9 Å². The van der Waals surface area contributed by atoms with Gasteiger partial charge >= 0.3 is 0 Å². The third-order valence-corrected chi connectivity index (χ3v) is 2.66. The van der Waals surface area contributed by atoms with E-state index >= 15 is 0 Å². The maximum atomic E-state index is 11.7. The summed E-state index contributed by atoms with van der Waals surface area (Å²) in [4.78, 5) is 15.7. The Balaban J connectivity index is 2.66. The van der Waals surface area contributed by atoms with Gasteiger partial charge in [-0.1, -0.05) is 12.1 Å². The molecule has 0 atom stereocenters. The Morgan fingerprint density at radius 3 is 2.88 bits per heavy atom. The van der Waals surface area contributed by atoms with E-state index in [1.165, 1.54) is 0 Å².